The first-order valence-corrected chi connectivity index (χ1v) is 6.87. The van der Waals surface area contributed by atoms with Crippen LogP contribution in [0.4, 0.5) is 0 Å². The summed E-state index contributed by atoms with van der Waals surface area (Å²) < 4.78 is 0. The highest BCUT2D eigenvalue weighted by molar-refractivity contribution is 5.28. The highest BCUT2D eigenvalue weighted by atomic mass is 16.3. The molecule has 2 aliphatic rings. The van der Waals surface area contributed by atoms with Crippen LogP contribution in [0.5, 0.6) is 0 Å². The summed E-state index contributed by atoms with van der Waals surface area (Å²) in [5.74, 6) is 0.0883. The number of benzene rings is 1. The molecule has 2 nitrogen and oxygen atoms in total. The van der Waals surface area contributed by atoms with E-state index >= 15 is 0 Å². The van der Waals surface area contributed by atoms with Crippen molar-refractivity contribution in [3.8, 4) is 0 Å². The van der Waals surface area contributed by atoms with Crippen LogP contribution in [-0.4, -0.2) is 22.4 Å². The third kappa shape index (κ3) is 2.00. The monoisotopic (exact) mass is 244 g/mol. The Labute approximate surface area is 108 Å². The lowest BCUT2D eigenvalue weighted by Crippen LogP contribution is -2.41. The Kier molecular flexibility index (Phi) is 3.23. The fraction of sp³-hybridized carbons (Fsp3) is 0.500. The summed E-state index contributed by atoms with van der Waals surface area (Å²) in [7, 11) is 0. The van der Waals surface area contributed by atoms with E-state index in [1.807, 2.05) is 18.2 Å². The van der Waals surface area contributed by atoms with Gasteiger partial charge in [-0.25, -0.2) is 0 Å². The molecule has 4 atom stereocenters. The fourth-order valence-corrected chi connectivity index (χ4v) is 3.50. The maximum Gasteiger partial charge on any atom is 0.0701 e. The third-order valence-electron chi connectivity index (χ3n) is 4.45. The van der Waals surface area contributed by atoms with E-state index in [1.165, 1.54) is 11.1 Å². The standard InChI is InChI=1S/C16H20O2/c17-14-8-4-7-12-9-10-13(16(18)15(12)14)11-5-2-1-3-6-11/h1-3,5-6,9,13-18H,4,7-8,10H2/t13-,14-,15+,16-/m0/s1. The highest BCUT2D eigenvalue weighted by Gasteiger charge is 2.39. The predicted molar refractivity (Wildman–Crippen MR) is 71.2 cm³/mol. The number of hydrogen-bond acceptors (Lipinski definition) is 2. The second kappa shape index (κ2) is 4.87. The quantitative estimate of drug-likeness (QED) is 0.746. The minimum Gasteiger partial charge on any atom is -0.392 e. The molecule has 0 amide bonds. The molecule has 1 fully saturated rings. The largest absolute Gasteiger partial charge is 0.392 e. The Morgan fingerprint density at radius 1 is 1.06 bits per heavy atom. The summed E-state index contributed by atoms with van der Waals surface area (Å²) in [5.41, 5.74) is 2.45. The summed E-state index contributed by atoms with van der Waals surface area (Å²) in [6, 6.07) is 10.2. The Hall–Kier alpha value is -1.12. The van der Waals surface area contributed by atoms with Gasteiger partial charge in [-0.2, -0.15) is 0 Å². The second-order valence-corrected chi connectivity index (χ2v) is 5.51. The van der Waals surface area contributed by atoms with Gasteiger partial charge in [0.15, 0.2) is 0 Å². The number of allylic oxidation sites excluding steroid dienone is 1. The van der Waals surface area contributed by atoms with Crippen LogP contribution >= 0.6 is 0 Å². The summed E-state index contributed by atoms with van der Waals surface area (Å²) in [6.07, 6.45) is 5.24. The number of rotatable bonds is 1. The van der Waals surface area contributed by atoms with Crippen LogP contribution in [0.2, 0.25) is 0 Å². The van der Waals surface area contributed by atoms with Crippen molar-refractivity contribution in [1.82, 2.24) is 0 Å². The summed E-state index contributed by atoms with van der Waals surface area (Å²) in [6.45, 7) is 0. The van der Waals surface area contributed by atoms with Gasteiger partial charge in [0.25, 0.3) is 0 Å². The maximum absolute atomic E-state index is 10.6. The van der Waals surface area contributed by atoms with Crippen LogP contribution in [0.25, 0.3) is 0 Å². The first kappa shape index (κ1) is 11.9. The van der Waals surface area contributed by atoms with E-state index in [1.54, 1.807) is 0 Å². The van der Waals surface area contributed by atoms with E-state index < -0.39 is 6.10 Å². The van der Waals surface area contributed by atoms with Crippen LogP contribution in [0.1, 0.15) is 37.2 Å². The average molecular weight is 244 g/mol. The zero-order valence-corrected chi connectivity index (χ0v) is 10.5. The van der Waals surface area contributed by atoms with E-state index in [0.29, 0.717) is 0 Å². The summed E-state index contributed by atoms with van der Waals surface area (Å²) >= 11 is 0. The minimum atomic E-state index is -0.442. The minimum absolute atomic E-state index is 0.0438. The van der Waals surface area contributed by atoms with Crippen molar-refractivity contribution in [2.45, 2.75) is 43.8 Å². The molecule has 1 saturated carbocycles. The zero-order valence-electron chi connectivity index (χ0n) is 10.5. The molecule has 2 heteroatoms. The van der Waals surface area contributed by atoms with Gasteiger partial charge in [-0.1, -0.05) is 42.0 Å². The second-order valence-electron chi connectivity index (χ2n) is 5.51. The molecule has 1 aromatic carbocycles. The van der Waals surface area contributed by atoms with Gasteiger partial charge in [-0.15, -0.1) is 0 Å². The smallest absolute Gasteiger partial charge is 0.0701 e. The van der Waals surface area contributed by atoms with Crippen molar-refractivity contribution >= 4 is 0 Å². The molecule has 18 heavy (non-hydrogen) atoms. The van der Waals surface area contributed by atoms with Gasteiger partial charge in [-0.3, -0.25) is 0 Å². The molecular formula is C16H20O2. The number of aliphatic hydroxyl groups excluding tert-OH is 2. The Morgan fingerprint density at radius 2 is 1.83 bits per heavy atom. The molecule has 96 valence electrons. The molecule has 0 spiro atoms. The molecule has 0 radical (unpaired) electrons. The van der Waals surface area contributed by atoms with Crippen molar-refractivity contribution in [1.29, 1.82) is 0 Å². The zero-order chi connectivity index (χ0) is 12.5. The molecule has 0 heterocycles. The lowest BCUT2D eigenvalue weighted by Gasteiger charge is -2.41. The molecular weight excluding hydrogens is 224 g/mol. The Balaban J connectivity index is 1.90. The SMILES string of the molecule is O[C@@H]1[C@@H]2C(=CC[C@H]1c1ccccc1)CCC[C@@H]2O. The van der Waals surface area contributed by atoms with Gasteiger partial charge in [0.1, 0.15) is 0 Å². The topological polar surface area (TPSA) is 40.5 Å². The number of hydrogen-bond donors (Lipinski definition) is 2. The van der Waals surface area contributed by atoms with Gasteiger partial charge >= 0.3 is 0 Å². The van der Waals surface area contributed by atoms with Crippen LogP contribution < -0.4 is 0 Å². The molecule has 0 bridgehead atoms. The van der Waals surface area contributed by atoms with Crippen molar-refractivity contribution in [3.63, 3.8) is 0 Å². The Bertz CT molecular complexity index is 438. The first-order valence-electron chi connectivity index (χ1n) is 6.87. The maximum atomic E-state index is 10.6. The van der Waals surface area contributed by atoms with Crippen molar-refractivity contribution in [3.05, 3.63) is 47.5 Å². The molecule has 2 N–H and O–H groups in total. The van der Waals surface area contributed by atoms with E-state index in [2.05, 4.69) is 18.2 Å². The van der Waals surface area contributed by atoms with Crippen LogP contribution in [0.15, 0.2) is 42.0 Å². The molecule has 0 aromatic heterocycles. The average Bonchev–Trinajstić information content (AvgIpc) is 2.40. The van der Waals surface area contributed by atoms with Gasteiger partial charge in [0, 0.05) is 11.8 Å². The molecule has 3 rings (SSSR count). The van der Waals surface area contributed by atoms with Gasteiger partial charge in [0.2, 0.25) is 0 Å². The van der Waals surface area contributed by atoms with E-state index in [9.17, 15) is 10.2 Å². The van der Waals surface area contributed by atoms with Gasteiger partial charge in [-0.05, 0) is 31.2 Å². The van der Waals surface area contributed by atoms with E-state index in [4.69, 9.17) is 0 Å². The molecule has 0 saturated heterocycles. The lowest BCUT2D eigenvalue weighted by molar-refractivity contribution is -0.00423. The van der Waals surface area contributed by atoms with Gasteiger partial charge in [0.05, 0.1) is 12.2 Å². The summed E-state index contributed by atoms with van der Waals surface area (Å²) in [5, 5.41) is 20.7. The number of aliphatic hydroxyl groups is 2. The highest BCUT2D eigenvalue weighted by Crippen LogP contribution is 2.42. The molecule has 1 aromatic rings. The van der Waals surface area contributed by atoms with Crippen LogP contribution in [-0.2, 0) is 0 Å². The van der Waals surface area contributed by atoms with E-state index in [-0.39, 0.29) is 17.9 Å². The van der Waals surface area contributed by atoms with E-state index in [0.717, 1.165) is 25.7 Å². The molecule has 0 unspecified atom stereocenters. The summed E-state index contributed by atoms with van der Waals surface area (Å²) in [4.78, 5) is 0. The third-order valence-corrected chi connectivity index (χ3v) is 4.45. The van der Waals surface area contributed by atoms with Crippen molar-refractivity contribution < 1.29 is 10.2 Å². The van der Waals surface area contributed by atoms with Gasteiger partial charge < -0.3 is 10.2 Å². The van der Waals surface area contributed by atoms with Crippen molar-refractivity contribution in [2.75, 3.05) is 0 Å². The van der Waals surface area contributed by atoms with Crippen molar-refractivity contribution in [2.24, 2.45) is 5.92 Å². The first-order chi connectivity index (χ1) is 8.77. The number of fused-ring (bicyclic) bond motifs is 1. The van der Waals surface area contributed by atoms with Crippen LogP contribution in [0.3, 0.4) is 0 Å². The predicted octanol–water partition coefficient (Wildman–Crippen LogP) is 2.62. The Morgan fingerprint density at radius 3 is 2.61 bits per heavy atom. The van der Waals surface area contributed by atoms with Crippen LogP contribution in [0, 0.1) is 5.92 Å². The lowest BCUT2D eigenvalue weighted by atomic mass is 9.69. The fourth-order valence-electron chi connectivity index (χ4n) is 3.50. The molecule has 0 aliphatic heterocycles. The normalized spacial score (nSPS) is 35.8. The molecule has 2 aliphatic carbocycles.